The first-order valence-corrected chi connectivity index (χ1v) is 11.0. The van der Waals surface area contributed by atoms with Gasteiger partial charge in [-0.05, 0) is 42.8 Å². The van der Waals surface area contributed by atoms with E-state index < -0.39 is 0 Å². The molecule has 2 aromatic carbocycles. The van der Waals surface area contributed by atoms with Crippen LogP contribution in [0.5, 0.6) is 5.75 Å². The summed E-state index contributed by atoms with van der Waals surface area (Å²) in [6.45, 7) is 2.62. The van der Waals surface area contributed by atoms with E-state index in [4.69, 9.17) is 17.0 Å². The molecule has 0 aliphatic carbocycles. The van der Waals surface area contributed by atoms with Crippen LogP contribution < -0.4 is 10.1 Å². The number of benzene rings is 2. The maximum absolute atomic E-state index is 12.7. The summed E-state index contributed by atoms with van der Waals surface area (Å²) in [7, 11) is 0. The standard InChI is InChI=1S/C21H19BrN2O3S2/c1-2-27-17-9-4-3-8-16(17)23-19(25)10-11-24-20(26)18(29-21(24)28)13-14-6-5-7-15(22)12-14/h3-9,12-13H,2,10-11H2,1H3,(H,23,25)/b18-13-. The lowest BCUT2D eigenvalue weighted by Crippen LogP contribution is -2.31. The van der Waals surface area contributed by atoms with Crippen molar-refractivity contribution in [3.63, 3.8) is 0 Å². The molecule has 2 aromatic rings. The van der Waals surface area contributed by atoms with E-state index in [9.17, 15) is 9.59 Å². The van der Waals surface area contributed by atoms with Crippen LogP contribution in [0.25, 0.3) is 6.08 Å². The number of carbonyl (C=O) groups is 2. The molecule has 0 spiro atoms. The van der Waals surface area contributed by atoms with Gasteiger partial charge in [0.1, 0.15) is 10.1 Å². The van der Waals surface area contributed by atoms with Crippen molar-refractivity contribution >= 4 is 67.8 Å². The predicted molar refractivity (Wildman–Crippen MR) is 125 cm³/mol. The molecule has 1 aliphatic heterocycles. The summed E-state index contributed by atoms with van der Waals surface area (Å²) in [4.78, 5) is 27.1. The number of carbonyl (C=O) groups excluding carboxylic acids is 2. The van der Waals surface area contributed by atoms with Gasteiger partial charge in [0, 0.05) is 17.4 Å². The number of amides is 2. The van der Waals surface area contributed by atoms with Gasteiger partial charge < -0.3 is 10.1 Å². The molecule has 1 aliphatic rings. The zero-order valence-electron chi connectivity index (χ0n) is 15.7. The number of rotatable bonds is 7. The smallest absolute Gasteiger partial charge is 0.266 e. The number of anilines is 1. The van der Waals surface area contributed by atoms with Crippen molar-refractivity contribution < 1.29 is 14.3 Å². The summed E-state index contributed by atoms with van der Waals surface area (Å²) < 4.78 is 6.91. The molecule has 0 unspecified atom stereocenters. The van der Waals surface area contributed by atoms with Gasteiger partial charge in [-0.15, -0.1) is 0 Å². The third-order valence-corrected chi connectivity index (χ3v) is 5.91. The highest BCUT2D eigenvalue weighted by Gasteiger charge is 2.32. The van der Waals surface area contributed by atoms with Crippen molar-refractivity contribution in [2.45, 2.75) is 13.3 Å². The van der Waals surface area contributed by atoms with Gasteiger partial charge >= 0.3 is 0 Å². The summed E-state index contributed by atoms with van der Waals surface area (Å²) in [5.41, 5.74) is 1.52. The summed E-state index contributed by atoms with van der Waals surface area (Å²) >= 11 is 10.0. The fourth-order valence-corrected chi connectivity index (χ4v) is 4.44. The monoisotopic (exact) mass is 490 g/mol. The topological polar surface area (TPSA) is 58.6 Å². The molecule has 0 saturated carbocycles. The first kappa shape index (κ1) is 21.5. The van der Waals surface area contributed by atoms with Crippen LogP contribution in [0.3, 0.4) is 0 Å². The molecule has 3 rings (SSSR count). The fraction of sp³-hybridized carbons (Fsp3) is 0.190. The van der Waals surface area contributed by atoms with Crippen molar-refractivity contribution in [2.24, 2.45) is 0 Å². The summed E-state index contributed by atoms with van der Waals surface area (Å²) in [5, 5.41) is 2.83. The van der Waals surface area contributed by atoms with Crippen molar-refractivity contribution in [2.75, 3.05) is 18.5 Å². The maximum Gasteiger partial charge on any atom is 0.266 e. The van der Waals surface area contributed by atoms with E-state index in [1.165, 1.54) is 16.7 Å². The Labute approximate surface area is 187 Å². The second-order valence-electron chi connectivity index (χ2n) is 6.12. The zero-order chi connectivity index (χ0) is 20.8. The Balaban J connectivity index is 1.61. The highest BCUT2D eigenvalue weighted by atomic mass is 79.9. The second kappa shape index (κ2) is 10.0. The Morgan fingerprint density at radius 2 is 2.07 bits per heavy atom. The summed E-state index contributed by atoms with van der Waals surface area (Å²) in [6.07, 6.45) is 1.94. The van der Waals surface area contributed by atoms with E-state index in [-0.39, 0.29) is 24.8 Å². The Hall–Kier alpha value is -2.16. The molecule has 8 heteroatoms. The number of hydrogen-bond acceptors (Lipinski definition) is 5. The third kappa shape index (κ3) is 5.68. The molecule has 0 aromatic heterocycles. The van der Waals surface area contributed by atoms with E-state index >= 15 is 0 Å². The number of thiocarbonyl (C=S) groups is 1. The fourth-order valence-electron chi connectivity index (χ4n) is 2.72. The van der Waals surface area contributed by atoms with E-state index in [1.807, 2.05) is 49.4 Å². The summed E-state index contributed by atoms with van der Waals surface area (Å²) in [5.74, 6) is 0.232. The molecule has 1 saturated heterocycles. The minimum Gasteiger partial charge on any atom is -0.492 e. The average molecular weight is 491 g/mol. The minimum absolute atomic E-state index is 0.136. The minimum atomic E-state index is -0.206. The first-order chi connectivity index (χ1) is 14.0. The molecule has 0 radical (unpaired) electrons. The molecule has 1 heterocycles. The van der Waals surface area contributed by atoms with Gasteiger partial charge in [-0.3, -0.25) is 14.5 Å². The first-order valence-electron chi connectivity index (χ1n) is 9.00. The lowest BCUT2D eigenvalue weighted by Gasteiger charge is -2.15. The predicted octanol–water partition coefficient (Wildman–Crippen LogP) is 5.08. The van der Waals surface area contributed by atoms with Gasteiger partial charge in [-0.2, -0.15) is 0 Å². The summed E-state index contributed by atoms with van der Waals surface area (Å²) in [6, 6.07) is 14.9. The lowest BCUT2D eigenvalue weighted by molar-refractivity contribution is -0.122. The van der Waals surface area contributed by atoms with Gasteiger partial charge in [0.15, 0.2) is 0 Å². The van der Waals surface area contributed by atoms with Crippen LogP contribution in [0.2, 0.25) is 0 Å². The Bertz CT molecular complexity index is 978. The van der Waals surface area contributed by atoms with Crippen LogP contribution in [0.1, 0.15) is 18.9 Å². The van der Waals surface area contributed by atoms with Gasteiger partial charge in [0.05, 0.1) is 17.2 Å². The second-order valence-corrected chi connectivity index (χ2v) is 8.71. The van der Waals surface area contributed by atoms with Gasteiger partial charge in [0.2, 0.25) is 5.91 Å². The van der Waals surface area contributed by atoms with Crippen molar-refractivity contribution in [3.05, 3.63) is 63.5 Å². The number of ether oxygens (including phenoxy) is 1. The van der Waals surface area contributed by atoms with Crippen LogP contribution in [0.4, 0.5) is 5.69 Å². The van der Waals surface area contributed by atoms with E-state index in [1.54, 1.807) is 12.1 Å². The molecule has 1 fully saturated rings. The average Bonchev–Trinajstić information content (AvgIpc) is 2.95. The molecule has 29 heavy (non-hydrogen) atoms. The zero-order valence-corrected chi connectivity index (χ0v) is 18.9. The van der Waals surface area contributed by atoms with Crippen LogP contribution in [-0.4, -0.2) is 34.2 Å². The SMILES string of the molecule is CCOc1ccccc1NC(=O)CCN1C(=O)/C(=C/c2cccc(Br)c2)SC1=S. The number of halogens is 1. The number of nitrogens with one attached hydrogen (secondary N) is 1. The molecule has 2 amide bonds. The molecule has 150 valence electrons. The highest BCUT2D eigenvalue weighted by molar-refractivity contribution is 9.10. The number of hydrogen-bond donors (Lipinski definition) is 1. The number of thioether (sulfide) groups is 1. The largest absolute Gasteiger partial charge is 0.492 e. The quantitative estimate of drug-likeness (QED) is 0.433. The van der Waals surface area contributed by atoms with E-state index in [0.29, 0.717) is 27.3 Å². The molecule has 0 atom stereocenters. The lowest BCUT2D eigenvalue weighted by atomic mass is 10.2. The molecule has 0 bridgehead atoms. The highest BCUT2D eigenvalue weighted by Crippen LogP contribution is 2.33. The van der Waals surface area contributed by atoms with Crippen LogP contribution in [-0.2, 0) is 9.59 Å². The Kier molecular flexibility index (Phi) is 7.46. The maximum atomic E-state index is 12.7. The van der Waals surface area contributed by atoms with Gasteiger partial charge in [0.25, 0.3) is 5.91 Å². The third-order valence-electron chi connectivity index (χ3n) is 4.04. The molecular weight excluding hydrogens is 472 g/mol. The van der Waals surface area contributed by atoms with Crippen molar-refractivity contribution in [1.29, 1.82) is 0 Å². The molecular formula is C21H19BrN2O3S2. The van der Waals surface area contributed by atoms with Crippen molar-refractivity contribution in [3.8, 4) is 5.75 Å². The van der Waals surface area contributed by atoms with Gasteiger partial charge in [-0.1, -0.05) is 64.2 Å². The van der Waals surface area contributed by atoms with Crippen LogP contribution in [0.15, 0.2) is 57.9 Å². The normalized spacial score (nSPS) is 15.1. The van der Waals surface area contributed by atoms with Crippen molar-refractivity contribution in [1.82, 2.24) is 4.90 Å². The number of para-hydroxylation sites is 2. The van der Waals surface area contributed by atoms with Crippen LogP contribution >= 0.6 is 39.9 Å². The Morgan fingerprint density at radius 1 is 1.28 bits per heavy atom. The van der Waals surface area contributed by atoms with E-state index in [2.05, 4.69) is 21.2 Å². The number of nitrogens with zero attached hydrogens (tertiary/aromatic N) is 1. The molecule has 1 N–H and O–H groups in total. The van der Waals surface area contributed by atoms with Gasteiger partial charge in [-0.25, -0.2) is 0 Å². The van der Waals surface area contributed by atoms with E-state index in [0.717, 1.165) is 10.0 Å². The Morgan fingerprint density at radius 3 is 2.83 bits per heavy atom. The van der Waals surface area contributed by atoms with Crippen LogP contribution in [0, 0.1) is 0 Å². The molecule has 5 nitrogen and oxygen atoms in total.